The lowest BCUT2D eigenvalue weighted by Crippen LogP contribution is -2.15. The fourth-order valence-electron chi connectivity index (χ4n) is 1.12. The fraction of sp³-hybridized carbons (Fsp3) is 0.400. The number of rotatable bonds is 3. The minimum atomic E-state index is 0.263. The predicted octanol–water partition coefficient (Wildman–Crippen LogP) is 3.02. The summed E-state index contributed by atoms with van der Waals surface area (Å²) in [4.78, 5) is 2.13. The zero-order valence-electron chi connectivity index (χ0n) is 8.22. The van der Waals surface area contributed by atoms with E-state index >= 15 is 0 Å². The number of aromatic hydroxyl groups is 1. The van der Waals surface area contributed by atoms with Crippen molar-refractivity contribution in [2.24, 2.45) is 0 Å². The maximum absolute atomic E-state index is 9.50. The van der Waals surface area contributed by atoms with E-state index in [1.54, 1.807) is 0 Å². The zero-order chi connectivity index (χ0) is 10.7. The molecule has 0 amide bonds. The van der Waals surface area contributed by atoms with Gasteiger partial charge in [0, 0.05) is 6.54 Å². The first-order chi connectivity index (χ1) is 6.50. The van der Waals surface area contributed by atoms with Crippen LogP contribution in [0.2, 0.25) is 0 Å². The van der Waals surface area contributed by atoms with Gasteiger partial charge < -0.3 is 10.0 Å². The molecule has 0 saturated heterocycles. The summed E-state index contributed by atoms with van der Waals surface area (Å²) in [5.41, 5.74) is 1.20. The summed E-state index contributed by atoms with van der Waals surface area (Å²) in [6, 6.07) is 3.90. The van der Waals surface area contributed by atoms with Gasteiger partial charge >= 0.3 is 0 Å². The summed E-state index contributed by atoms with van der Waals surface area (Å²) < 4.78 is 1.47. The molecule has 4 heteroatoms. The molecule has 0 aromatic heterocycles. The number of benzene rings is 1. The minimum absolute atomic E-state index is 0.263. The highest BCUT2D eigenvalue weighted by Crippen LogP contribution is 2.33. The van der Waals surface area contributed by atoms with E-state index in [9.17, 15) is 5.11 Å². The molecule has 0 aliphatic carbocycles. The molecule has 78 valence electrons. The molecule has 0 heterocycles. The molecule has 1 aromatic rings. The van der Waals surface area contributed by atoms with E-state index in [-0.39, 0.29) is 5.75 Å². The Balaban J connectivity index is 2.79. The molecule has 0 fully saturated rings. The summed E-state index contributed by atoms with van der Waals surface area (Å²) in [5, 5.41) is 9.50. The van der Waals surface area contributed by atoms with Crippen LogP contribution in [0.25, 0.3) is 0 Å². The Morgan fingerprint density at radius 2 is 1.71 bits per heavy atom. The van der Waals surface area contributed by atoms with Crippen LogP contribution in [0.4, 0.5) is 0 Å². The van der Waals surface area contributed by atoms with Crippen LogP contribution in [-0.2, 0) is 6.42 Å². The molecule has 14 heavy (non-hydrogen) atoms. The first kappa shape index (κ1) is 12.0. The molecule has 0 atom stereocenters. The molecule has 0 aliphatic rings. The Hall–Kier alpha value is -0.0600. The number of phenols is 1. The lowest BCUT2D eigenvalue weighted by Gasteiger charge is -2.10. The Morgan fingerprint density at radius 3 is 2.14 bits per heavy atom. The fourth-order valence-corrected chi connectivity index (χ4v) is 2.40. The van der Waals surface area contributed by atoms with Crippen LogP contribution in [0.5, 0.6) is 5.75 Å². The highest BCUT2D eigenvalue weighted by Gasteiger charge is 2.05. The number of hydrogen-bond acceptors (Lipinski definition) is 2. The van der Waals surface area contributed by atoms with E-state index < -0.39 is 0 Å². The highest BCUT2D eigenvalue weighted by molar-refractivity contribution is 9.11. The van der Waals surface area contributed by atoms with Crippen LogP contribution in [0, 0.1) is 0 Å². The third-order valence-electron chi connectivity index (χ3n) is 1.92. The molecule has 1 aromatic carbocycles. The maximum atomic E-state index is 9.50. The molecule has 0 saturated carbocycles. The summed E-state index contributed by atoms with van der Waals surface area (Å²) in [6.45, 7) is 1.00. The van der Waals surface area contributed by atoms with Gasteiger partial charge in [0.15, 0.2) is 0 Å². The van der Waals surface area contributed by atoms with Crippen molar-refractivity contribution in [3.63, 3.8) is 0 Å². The average Bonchev–Trinajstić information content (AvgIpc) is 2.10. The van der Waals surface area contributed by atoms with E-state index in [2.05, 4.69) is 36.8 Å². The lowest BCUT2D eigenvalue weighted by molar-refractivity contribution is 0.413. The molecular weight excluding hydrogens is 310 g/mol. The van der Waals surface area contributed by atoms with Gasteiger partial charge in [0.25, 0.3) is 0 Å². The monoisotopic (exact) mass is 321 g/mol. The highest BCUT2D eigenvalue weighted by atomic mass is 79.9. The summed E-state index contributed by atoms with van der Waals surface area (Å²) >= 11 is 6.62. The standard InChI is InChI=1S/C10H13Br2NO/c1-13(2)4-3-7-5-8(11)10(14)9(12)6-7/h5-6,14H,3-4H2,1-2H3. The zero-order valence-corrected chi connectivity index (χ0v) is 11.4. The second-order valence-electron chi connectivity index (χ2n) is 3.46. The molecule has 0 unspecified atom stereocenters. The van der Waals surface area contributed by atoms with Crippen LogP contribution in [0.15, 0.2) is 21.1 Å². The number of nitrogens with zero attached hydrogens (tertiary/aromatic N) is 1. The van der Waals surface area contributed by atoms with E-state index in [1.165, 1.54) is 5.56 Å². The van der Waals surface area contributed by atoms with Gasteiger partial charge in [0.05, 0.1) is 8.95 Å². The first-order valence-corrected chi connectivity index (χ1v) is 5.91. The number of hydrogen-bond donors (Lipinski definition) is 1. The van der Waals surface area contributed by atoms with Crippen molar-refractivity contribution >= 4 is 31.9 Å². The van der Waals surface area contributed by atoms with Crippen molar-refractivity contribution in [1.82, 2.24) is 4.90 Å². The van der Waals surface area contributed by atoms with Crippen molar-refractivity contribution in [3.8, 4) is 5.75 Å². The number of phenolic OH excluding ortho intramolecular Hbond substituents is 1. The van der Waals surface area contributed by atoms with Crippen molar-refractivity contribution in [3.05, 3.63) is 26.6 Å². The van der Waals surface area contributed by atoms with Gasteiger partial charge in [0.2, 0.25) is 0 Å². The van der Waals surface area contributed by atoms with Gasteiger partial charge in [-0.3, -0.25) is 0 Å². The van der Waals surface area contributed by atoms with Crippen molar-refractivity contribution in [2.45, 2.75) is 6.42 Å². The number of likely N-dealkylation sites (N-methyl/N-ethyl adjacent to an activating group) is 1. The summed E-state index contributed by atoms with van der Waals surface area (Å²) in [6.07, 6.45) is 0.977. The van der Waals surface area contributed by atoms with Gasteiger partial charge in [-0.25, -0.2) is 0 Å². The molecule has 0 aliphatic heterocycles. The van der Waals surface area contributed by atoms with Crippen LogP contribution < -0.4 is 0 Å². The van der Waals surface area contributed by atoms with Crippen LogP contribution >= 0.6 is 31.9 Å². The average molecular weight is 323 g/mol. The molecular formula is C10H13Br2NO. The van der Waals surface area contributed by atoms with E-state index in [1.807, 2.05) is 26.2 Å². The molecule has 1 rings (SSSR count). The quantitative estimate of drug-likeness (QED) is 0.924. The van der Waals surface area contributed by atoms with Crippen LogP contribution in [0.3, 0.4) is 0 Å². The Bertz CT molecular complexity index is 303. The second kappa shape index (κ2) is 5.14. The Morgan fingerprint density at radius 1 is 1.21 bits per heavy atom. The predicted molar refractivity (Wildman–Crippen MR) is 65.8 cm³/mol. The first-order valence-electron chi connectivity index (χ1n) is 4.32. The van der Waals surface area contributed by atoms with Crippen LogP contribution in [-0.4, -0.2) is 30.6 Å². The van der Waals surface area contributed by atoms with E-state index in [0.717, 1.165) is 21.9 Å². The van der Waals surface area contributed by atoms with Gasteiger partial charge in [0.1, 0.15) is 5.75 Å². The van der Waals surface area contributed by atoms with Gasteiger partial charge in [-0.1, -0.05) is 0 Å². The van der Waals surface area contributed by atoms with Gasteiger partial charge in [-0.2, -0.15) is 0 Å². The third kappa shape index (κ3) is 3.26. The van der Waals surface area contributed by atoms with Gasteiger partial charge in [-0.15, -0.1) is 0 Å². The largest absolute Gasteiger partial charge is 0.506 e. The minimum Gasteiger partial charge on any atom is -0.506 e. The number of halogens is 2. The Kier molecular flexibility index (Phi) is 4.41. The lowest BCUT2D eigenvalue weighted by atomic mass is 10.1. The second-order valence-corrected chi connectivity index (χ2v) is 5.17. The summed E-state index contributed by atoms with van der Waals surface area (Å²) in [7, 11) is 4.09. The van der Waals surface area contributed by atoms with Crippen molar-refractivity contribution in [2.75, 3.05) is 20.6 Å². The SMILES string of the molecule is CN(C)CCc1cc(Br)c(O)c(Br)c1. The smallest absolute Gasteiger partial charge is 0.143 e. The molecule has 0 bridgehead atoms. The van der Waals surface area contributed by atoms with Gasteiger partial charge in [-0.05, 0) is 70.1 Å². The Labute approximate surface area is 101 Å². The van der Waals surface area contributed by atoms with E-state index in [0.29, 0.717) is 0 Å². The molecule has 0 spiro atoms. The molecule has 0 radical (unpaired) electrons. The van der Waals surface area contributed by atoms with Crippen LogP contribution in [0.1, 0.15) is 5.56 Å². The van der Waals surface area contributed by atoms with E-state index in [4.69, 9.17) is 0 Å². The topological polar surface area (TPSA) is 23.5 Å². The van der Waals surface area contributed by atoms with Crippen molar-refractivity contribution in [1.29, 1.82) is 0 Å². The van der Waals surface area contributed by atoms with Crippen molar-refractivity contribution < 1.29 is 5.11 Å². The molecule has 1 N–H and O–H groups in total. The normalized spacial score (nSPS) is 10.9. The third-order valence-corrected chi connectivity index (χ3v) is 3.13. The summed E-state index contributed by atoms with van der Waals surface area (Å²) in [5.74, 6) is 0.263. The molecule has 2 nitrogen and oxygen atoms in total. The maximum Gasteiger partial charge on any atom is 0.143 e.